The van der Waals surface area contributed by atoms with Gasteiger partial charge in [-0.2, -0.15) is 0 Å². The molecule has 0 spiro atoms. The molecule has 0 atom stereocenters. The van der Waals surface area contributed by atoms with Gasteiger partial charge in [0, 0.05) is 24.8 Å². The molecular formula is C17H28N2O. The third kappa shape index (κ3) is 4.71. The Morgan fingerprint density at radius 1 is 1.10 bits per heavy atom. The van der Waals surface area contributed by atoms with Crippen LogP contribution >= 0.6 is 0 Å². The second-order valence-electron chi connectivity index (χ2n) is 5.73. The maximum Gasteiger partial charge on any atom is 0.119 e. The van der Waals surface area contributed by atoms with Gasteiger partial charge in [-0.15, -0.1) is 0 Å². The molecule has 112 valence electrons. The summed E-state index contributed by atoms with van der Waals surface area (Å²) in [7, 11) is 0. The van der Waals surface area contributed by atoms with Gasteiger partial charge in [-0.3, -0.25) is 0 Å². The Bertz CT molecular complexity index is 369. The van der Waals surface area contributed by atoms with Crippen LogP contribution < -0.4 is 15.4 Å². The predicted octanol–water partition coefficient (Wildman–Crippen LogP) is 3.57. The smallest absolute Gasteiger partial charge is 0.119 e. The summed E-state index contributed by atoms with van der Waals surface area (Å²) in [5.74, 6) is 0.985. The molecule has 20 heavy (non-hydrogen) atoms. The standard InChI is InChI=1S/C17H28N2O/c1-2-3-4-5-14-20-17-8-6-16(7-9-17)19-12-10-15(18)11-13-19/h6-9,15H,2-5,10-14,18H2,1H3. The van der Waals surface area contributed by atoms with Gasteiger partial charge in [-0.1, -0.05) is 26.2 Å². The first-order valence-electron chi connectivity index (χ1n) is 8.03. The van der Waals surface area contributed by atoms with Crippen molar-refractivity contribution < 1.29 is 4.74 Å². The fraction of sp³-hybridized carbons (Fsp3) is 0.647. The molecule has 2 N–H and O–H groups in total. The summed E-state index contributed by atoms with van der Waals surface area (Å²) in [6.45, 7) is 5.20. The van der Waals surface area contributed by atoms with Crippen LogP contribution in [0.2, 0.25) is 0 Å². The van der Waals surface area contributed by atoms with Crippen molar-refractivity contribution in [2.75, 3.05) is 24.6 Å². The molecule has 0 saturated carbocycles. The van der Waals surface area contributed by atoms with Gasteiger partial charge >= 0.3 is 0 Å². The van der Waals surface area contributed by atoms with Crippen molar-refractivity contribution >= 4 is 5.69 Å². The van der Waals surface area contributed by atoms with E-state index in [0.29, 0.717) is 6.04 Å². The number of nitrogens with zero attached hydrogens (tertiary/aromatic N) is 1. The predicted molar refractivity (Wildman–Crippen MR) is 85.5 cm³/mol. The number of anilines is 1. The van der Waals surface area contributed by atoms with Crippen LogP contribution in [0.5, 0.6) is 5.75 Å². The van der Waals surface area contributed by atoms with E-state index in [9.17, 15) is 0 Å². The average Bonchev–Trinajstić information content (AvgIpc) is 2.49. The van der Waals surface area contributed by atoms with Crippen LogP contribution in [-0.4, -0.2) is 25.7 Å². The minimum absolute atomic E-state index is 0.386. The van der Waals surface area contributed by atoms with E-state index in [2.05, 4.69) is 36.1 Å². The highest BCUT2D eigenvalue weighted by Crippen LogP contribution is 2.22. The van der Waals surface area contributed by atoms with Crippen molar-refractivity contribution in [1.29, 1.82) is 0 Å². The molecule has 0 unspecified atom stereocenters. The Morgan fingerprint density at radius 3 is 2.45 bits per heavy atom. The number of ether oxygens (including phenoxy) is 1. The first kappa shape index (κ1) is 15.2. The Balaban J connectivity index is 1.75. The van der Waals surface area contributed by atoms with Crippen LogP contribution in [0.15, 0.2) is 24.3 Å². The van der Waals surface area contributed by atoms with Gasteiger partial charge in [0.2, 0.25) is 0 Å². The highest BCUT2D eigenvalue weighted by atomic mass is 16.5. The number of nitrogens with two attached hydrogens (primary N) is 1. The van der Waals surface area contributed by atoms with Gasteiger partial charge in [-0.25, -0.2) is 0 Å². The lowest BCUT2D eigenvalue weighted by molar-refractivity contribution is 0.305. The van der Waals surface area contributed by atoms with E-state index < -0.39 is 0 Å². The van der Waals surface area contributed by atoms with E-state index in [0.717, 1.165) is 44.7 Å². The van der Waals surface area contributed by atoms with E-state index >= 15 is 0 Å². The molecule has 1 saturated heterocycles. The van der Waals surface area contributed by atoms with Crippen LogP contribution in [0.25, 0.3) is 0 Å². The van der Waals surface area contributed by atoms with Crippen molar-refractivity contribution in [3.05, 3.63) is 24.3 Å². The Morgan fingerprint density at radius 2 is 1.80 bits per heavy atom. The molecule has 0 radical (unpaired) electrons. The number of piperidine rings is 1. The maximum absolute atomic E-state index is 5.94. The number of rotatable bonds is 7. The lowest BCUT2D eigenvalue weighted by Gasteiger charge is -2.32. The first-order valence-corrected chi connectivity index (χ1v) is 8.03. The maximum atomic E-state index is 5.94. The number of hydrogen-bond donors (Lipinski definition) is 1. The second-order valence-corrected chi connectivity index (χ2v) is 5.73. The highest BCUT2D eigenvalue weighted by Gasteiger charge is 2.16. The largest absolute Gasteiger partial charge is 0.494 e. The zero-order valence-electron chi connectivity index (χ0n) is 12.7. The molecule has 2 rings (SSSR count). The highest BCUT2D eigenvalue weighted by molar-refractivity contribution is 5.49. The molecule has 0 aromatic heterocycles. The molecule has 1 aromatic rings. The summed E-state index contributed by atoms with van der Waals surface area (Å²) in [5.41, 5.74) is 7.23. The number of hydrogen-bond acceptors (Lipinski definition) is 3. The van der Waals surface area contributed by atoms with Gasteiger partial charge in [0.15, 0.2) is 0 Å². The molecule has 1 aliphatic heterocycles. The van der Waals surface area contributed by atoms with Crippen LogP contribution in [0.4, 0.5) is 5.69 Å². The summed E-state index contributed by atoms with van der Waals surface area (Å²) in [5, 5.41) is 0. The Kier molecular flexibility index (Phi) is 6.19. The van der Waals surface area contributed by atoms with E-state index in [1.54, 1.807) is 0 Å². The molecule has 3 heteroatoms. The molecule has 0 amide bonds. The van der Waals surface area contributed by atoms with Gasteiger partial charge in [0.05, 0.1) is 6.61 Å². The fourth-order valence-corrected chi connectivity index (χ4v) is 2.63. The van der Waals surface area contributed by atoms with E-state index in [1.807, 2.05) is 0 Å². The second kappa shape index (κ2) is 8.15. The van der Waals surface area contributed by atoms with Gasteiger partial charge in [0.1, 0.15) is 5.75 Å². The SMILES string of the molecule is CCCCCCOc1ccc(N2CCC(N)CC2)cc1. The fourth-order valence-electron chi connectivity index (χ4n) is 2.63. The van der Waals surface area contributed by atoms with Crippen molar-refractivity contribution in [2.24, 2.45) is 5.73 Å². The van der Waals surface area contributed by atoms with Crippen LogP contribution in [-0.2, 0) is 0 Å². The first-order chi connectivity index (χ1) is 9.79. The Labute approximate surface area is 123 Å². The van der Waals surface area contributed by atoms with Crippen molar-refractivity contribution in [1.82, 2.24) is 0 Å². The molecule has 1 aromatic carbocycles. The molecular weight excluding hydrogens is 248 g/mol. The number of benzene rings is 1. The van der Waals surface area contributed by atoms with Crippen LogP contribution in [0, 0.1) is 0 Å². The monoisotopic (exact) mass is 276 g/mol. The van der Waals surface area contributed by atoms with Crippen molar-refractivity contribution in [3.63, 3.8) is 0 Å². The lowest BCUT2D eigenvalue weighted by Crippen LogP contribution is -2.39. The van der Waals surface area contributed by atoms with E-state index in [-0.39, 0.29) is 0 Å². The average molecular weight is 276 g/mol. The van der Waals surface area contributed by atoms with Crippen LogP contribution in [0.3, 0.4) is 0 Å². The summed E-state index contributed by atoms with van der Waals surface area (Å²) in [6, 6.07) is 8.89. The topological polar surface area (TPSA) is 38.5 Å². The zero-order valence-corrected chi connectivity index (χ0v) is 12.7. The minimum atomic E-state index is 0.386. The van der Waals surface area contributed by atoms with Gasteiger partial charge in [0.25, 0.3) is 0 Å². The van der Waals surface area contributed by atoms with Gasteiger partial charge in [-0.05, 0) is 43.5 Å². The number of unbranched alkanes of at least 4 members (excludes halogenated alkanes) is 3. The molecule has 1 aliphatic rings. The summed E-state index contributed by atoms with van der Waals surface area (Å²) < 4.78 is 5.77. The minimum Gasteiger partial charge on any atom is -0.494 e. The molecule has 1 heterocycles. The molecule has 0 bridgehead atoms. The third-order valence-electron chi connectivity index (χ3n) is 4.01. The summed E-state index contributed by atoms with van der Waals surface area (Å²) >= 11 is 0. The third-order valence-corrected chi connectivity index (χ3v) is 4.01. The normalized spacial score (nSPS) is 16.4. The van der Waals surface area contributed by atoms with Crippen molar-refractivity contribution in [2.45, 2.75) is 51.5 Å². The van der Waals surface area contributed by atoms with Crippen molar-refractivity contribution in [3.8, 4) is 5.75 Å². The van der Waals surface area contributed by atoms with E-state index in [4.69, 9.17) is 10.5 Å². The zero-order chi connectivity index (χ0) is 14.2. The summed E-state index contributed by atoms with van der Waals surface area (Å²) in [6.07, 6.45) is 7.18. The quantitative estimate of drug-likeness (QED) is 0.774. The summed E-state index contributed by atoms with van der Waals surface area (Å²) in [4.78, 5) is 2.41. The van der Waals surface area contributed by atoms with E-state index in [1.165, 1.54) is 24.9 Å². The van der Waals surface area contributed by atoms with Crippen LogP contribution in [0.1, 0.15) is 45.4 Å². The Hall–Kier alpha value is -1.22. The molecule has 3 nitrogen and oxygen atoms in total. The molecule has 1 fully saturated rings. The van der Waals surface area contributed by atoms with Gasteiger partial charge < -0.3 is 15.4 Å². The molecule has 0 aliphatic carbocycles. The lowest BCUT2D eigenvalue weighted by atomic mass is 10.1.